The SMILES string of the molecule is CCCCOc1c(Br)cc(C=NN=C(N)SCc2ccccc2)cc1OC. The monoisotopic (exact) mass is 449 g/mol. The molecule has 0 saturated heterocycles. The minimum absolute atomic E-state index is 0.417. The molecule has 0 bridgehead atoms. The van der Waals surface area contributed by atoms with Gasteiger partial charge in [0, 0.05) is 5.75 Å². The summed E-state index contributed by atoms with van der Waals surface area (Å²) < 4.78 is 12.0. The van der Waals surface area contributed by atoms with Crippen molar-refractivity contribution in [2.75, 3.05) is 13.7 Å². The molecule has 5 nitrogen and oxygen atoms in total. The number of unbranched alkanes of at least 4 members (excludes halogenated alkanes) is 1. The zero-order valence-corrected chi connectivity index (χ0v) is 17.9. The molecule has 0 amide bonds. The van der Waals surface area contributed by atoms with Gasteiger partial charge in [0.1, 0.15) is 0 Å². The van der Waals surface area contributed by atoms with E-state index in [0.29, 0.717) is 23.3 Å². The molecule has 0 spiro atoms. The molecule has 2 rings (SSSR count). The molecule has 2 aromatic rings. The second-order valence-electron chi connectivity index (χ2n) is 5.69. The molecule has 0 aromatic heterocycles. The zero-order chi connectivity index (χ0) is 19.5. The van der Waals surface area contributed by atoms with Crippen molar-refractivity contribution in [3.8, 4) is 11.5 Å². The van der Waals surface area contributed by atoms with Crippen LogP contribution in [0, 0.1) is 0 Å². The molecule has 0 heterocycles. The lowest BCUT2D eigenvalue weighted by molar-refractivity contribution is 0.286. The van der Waals surface area contributed by atoms with Crippen molar-refractivity contribution >= 4 is 39.1 Å². The Kier molecular flexibility index (Phi) is 9.21. The van der Waals surface area contributed by atoms with Crippen LogP contribution in [0.15, 0.2) is 57.1 Å². The normalized spacial score (nSPS) is 11.7. The number of rotatable bonds is 9. The predicted molar refractivity (Wildman–Crippen MR) is 118 cm³/mol. The number of thioether (sulfide) groups is 1. The molecule has 2 aromatic carbocycles. The van der Waals surface area contributed by atoms with Gasteiger partial charge in [0.25, 0.3) is 0 Å². The van der Waals surface area contributed by atoms with Gasteiger partial charge < -0.3 is 15.2 Å². The standard InChI is InChI=1S/C20H24BrN3O2S/c1-3-4-10-26-19-17(21)11-16(12-18(19)25-2)13-23-24-20(22)27-14-15-8-6-5-7-9-15/h5-9,11-13H,3-4,10,14H2,1-2H3,(H2,22,24). The second-order valence-corrected chi connectivity index (χ2v) is 7.54. The Morgan fingerprint density at radius 3 is 2.74 bits per heavy atom. The van der Waals surface area contributed by atoms with Gasteiger partial charge in [0.2, 0.25) is 0 Å². The highest BCUT2D eigenvalue weighted by molar-refractivity contribution is 9.10. The Bertz CT molecular complexity index is 782. The summed E-state index contributed by atoms with van der Waals surface area (Å²) in [6.07, 6.45) is 3.71. The molecule has 0 aliphatic carbocycles. The minimum atomic E-state index is 0.417. The number of hydrogen-bond acceptors (Lipinski definition) is 5. The summed E-state index contributed by atoms with van der Waals surface area (Å²) >= 11 is 4.98. The van der Waals surface area contributed by atoms with Crippen LogP contribution in [0.5, 0.6) is 11.5 Å². The quantitative estimate of drug-likeness (QED) is 0.246. The Hall–Kier alpha value is -1.99. The van der Waals surface area contributed by atoms with Crippen molar-refractivity contribution in [1.82, 2.24) is 0 Å². The summed E-state index contributed by atoms with van der Waals surface area (Å²) in [6.45, 7) is 2.78. The number of nitrogens with two attached hydrogens (primary N) is 1. The molecule has 0 aliphatic heterocycles. The van der Waals surface area contributed by atoms with E-state index >= 15 is 0 Å². The topological polar surface area (TPSA) is 69.2 Å². The van der Waals surface area contributed by atoms with Gasteiger partial charge in [-0.15, -0.1) is 5.10 Å². The van der Waals surface area contributed by atoms with Gasteiger partial charge in [-0.1, -0.05) is 55.4 Å². The van der Waals surface area contributed by atoms with Crippen LogP contribution in [0.25, 0.3) is 0 Å². The number of ether oxygens (including phenoxy) is 2. The van der Waals surface area contributed by atoms with Crippen molar-refractivity contribution < 1.29 is 9.47 Å². The molecule has 0 unspecified atom stereocenters. The van der Waals surface area contributed by atoms with E-state index in [2.05, 4.69) is 45.2 Å². The van der Waals surface area contributed by atoms with Crippen LogP contribution in [0.4, 0.5) is 0 Å². The fourth-order valence-electron chi connectivity index (χ4n) is 2.19. The van der Waals surface area contributed by atoms with Crippen LogP contribution >= 0.6 is 27.7 Å². The molecule has 0 saturated carbocycles. The number of benzene rings is 2. The molecule has 0 aliphatic rings. The predicted octanol–water partition coefficient (Wildman–Crippen LogP) is 5.22. The first-order valence-corrected chi connectivity index (χ1v) is 10.5. The third kappa shape index (κ3) is 7.27. The van der Waals surface area contributed by atoms with Crippen molar-refractivity contribution in [2.45, 2.75) is 25.5 Å². The lowest BCUT2D eigenvalue weighted by Crippen LogP contribution is -2.06. The summed E-state index contributed by atoms with van der Waals surface area (Å²) in [5.74, 6) is 2.11. The maximum Gasteiger partial charge on any atom is 0.180 e. The summed E-state index contributed by atoms with van der Waals surface area (Å²) in [5.41, 5.74) is 7.94. The van der Waals surface area contributed by atoms with Crippen LogP contribution in [0.2, 0.25) is 0 Å². The largest absolute Gasteiger partial charge is 0.493 e. The third-order valence-corrected chi connectivity index (χ3v) is 5.03. The van der Waals surface area contributed by atoms with Crippen LogP contribution in [-0.2, 0) is 5.75 Å². The average Bonchev–Trinajstić information content (AvgIpc) is 2.68. The Balaban J connectivity index is 1.99. The maximum absolute atomic E-state index is 5.91. The van der Waals surface area contributed by atoms with E-state index in [-0.39, 0.29) is 0 Å². The van der Waals surface area contributed by atoms with Crippen molar-refractivity contribution in [3.63, 3.8) is 0 Å². The lowest BCUT2D eigenvalue weighted by atomic mass is 10.2. The highest BCUT2D eigenvalue weighted by Crippen LogP contribution is 2.36. The van der Waals surface area contributed by atoms with Gasteiger partial charge in [0.15, 0.2) is 16.7 Å². The summed E-state index contributed by atoms with van der Waals surface area (Å²) in [6, 6.07) is 13.9. The van der Waals surface area contributed by atoms with E-state index in [1.807, 2.05) is 30.3 Å². The second kappa shape index (κ2) is 11.7. The molecule has 0 atom stereocenters. The molecule has 27 heavy (non-hydrogen) atoms. The van der Waals surface area contributed by atoms with Gasteiger partial charge in [-0.2, -0.15) is 5.10 Å². The molecular formula is C20H24BrN3O2S. The molecule has 0 radical (unpaired) electrons. The molecule has 7 heteroatoms. The Morgan fingerprint density at radius 2 is 2.04 bits per heavy atom. The number of halogens is 1. The van der Waals surface area contributed by atoms with Crippen LogP contribution in [0.1, 0.15) is 30.9 Å². The van der Waals surface area contributed by atoms with E-state index in [0.717, 1.165) is 28.6 Å². The summed E-state index contributed by atoms with van der Waals surface area (Å²) in [5, 5.41) is 8.53. The van der Waals surface area contributed by atoms with E-state index in [9.17, 15) is 0 Å². The third-order valence-electron chi connectivity index (χ3n) is 3.59. The van der Waals surface area contributed by atoms with Gasteiger partial charge in [-0.05, 0) is 45.6 Å². The van der Waals surface area contributed by atoms with Crippen molar-refractivity contribution in [3.05, 3.63) is 58.1 Å². The van der Waals surface area contributed by atoms with E-state index in [1.165, 1.54) is 17.3 Å². The lowest BCUT2D eigenvalue weighted by Gasteiger charge is -2.13. The van der Waals surface area contributed by atoms with Crippen molar-refractivity contribution in [2.24, 2.45) is 15.9 Å². The Labute approximate surface area is 173 Å². The fraction of sp³-hybridized carbons (Fsp3) is 0.300. The highest BCUT2D eigenvalue weighted by Gasteiger charge is 2.11. The number of nitrogens with zero attached hydrogens (tertiary/aromatic N) is 2. The summed E-state index contributed by atoms with van der Waals surface area (Å²) in [7, 11) is 1.62. The fourth-order valence-corrected chi connectivity index (χ4v) is 3.37. The first-order chi connectivity index (χ1) is 13.1. The number of amidine groups is 1. The molecule has 0 fully saturated rings. The maximum atomic E-state index is 5.91. The molecule has 2 N–H and O–H groups in total. The van der Waals surface area contributed by atoms with E-state index in [1.54, 1.807) is 13.3 Å². The van der Waals surface area contributed by atoms with Crippen molar-refractivity contribution in [1.29, 1.82) is 0 Å². The Morgan fingerprint density at radius 1 is 1.26 bits per heavy atom. The van der Waals surface area contributed by atoms with Gasteiger partial charge in [-0.25, -0.2) is 0 Å². The highest BCUT2D eigenvalue weighted by atomic mass is 79.9. The number of hydrogen-bond donors (Lipinski definition) is 1. The molecule has 144 valence electrons. The van der Waals surface area contributed by atoms with Gasteiger partial charge in [-0.3, -0.25) is 0 Å². The van der Waals surface area contributed by atoms with Crippen LogP contribution in [0.3, 0.4) is 0 Å². The first kappa shape index (κ1) is 21.3. The first-order valence-electron chi connectivity index (χ1n) is 8.67. The number of methoxy groups -OCH3 is 1. The summed E-state index contributed by atoms with van der Waals surface area (Å²) in [4.78, 5) is 0. The van der Waals surface area contributed by atoms with Gasteiger partial charge >= 0.3 is 0 Å². The van der Waals surface area contributed by atoms with E-state index < -0.39 is 0 Å². The van der Waals surface area contributed by atoms with Gasteiger partial charge in [0.05, 0.1) is 24.4 Å². The smallest absolute Gasteiger partial charge is 0.180 e. The van der Waals surface area contributed by atoms with Crippen LogP contribution < -0.4 is 15.2 Å². The van der Waals surface area contributed by atoms with E-state index in [4.69, 9.17) is 15.2 Å². The van der Waals surface area contributed by atoms with Crippen LogP contribution in [-0.4, -0.2) is 25.1 Å². The minimum Gasteiger partial charge on any atom is -0.493 e. The average molecular weight is 450 g/mol. The zero-order valence-electron chi connectivity index (χ0n) is 15.5. The molecular weight excluding hydrogens is 426 g/mol.